The molecular formula is C11H17NO2. The van der Waals surface area contributed by atoms with Crippen LogP contribution in [0.4, 0.5) is 0 Å². The van der Waals surface area contributed by atoms with Gasteiger partial charge in [-0.3, -0.25) is 0 Å². The Hall–Kier alpha value is -0.800. The molecule has 0 saturated carbocycles. The van der Waals surface area contributed by atoms with Crippen LogP contribution in [0.15, 0.2) is 16.5 Å². The van der Waals surface area contributed by atoms with Crippen LogP contribution in [0.25, 0.3) is 0 Å². The Kier molecular flexibility index (Phi) is 2.89. The first kappa shape index (κ1) is 9.74. The summed E-state index contributed by atoms with van der Waals surface area (Å²) in [6.07, 6.45) is 0.0775. The second kappa shape index (κ2) is 4.15. The fourth-order valence-electron chi connectivity index (χ4n) is 1.67. The predicted molar refractivity (Wildman–Crippen MR) is 54.2 cm³/mol. The highest BCUT2D eigenvalue weighted by Gasteiger charge is 2.20. The van der Waals surface area contributed by atoms with Gasteiger partial charge < -0.3 is 14.5 Å². The van der Waals surface area contributed by atoms with Crippen molar-refractivity contribution < 1.29 is 9.15 Å². The molecule has 3 heteroatoms. The number of hydrogen-bond acceptors (Lipinski definition) is 3. The summed E-state index contributed by atoms with van der Waals surface area (Å²) in [5.74, 6) is 2.46. The first-order valence-corrected chi connectivity index (χ1v) is 5.14. The molecule has 1 aliphatic heterocycles. The van der Waals surface area contributed by atoms with E-state index in [1.54, 1.807) is 0 Å². The van der Waals surface area contributed by atoms with E-state index in [0.29, 0.717) is 5.92 Å². The molecule has 2 unspecified atom stereocenters. The zero-order valence-electron chi connectivity index (χ0n) is 8.75. The Labute approximate surface area is 84.4 Å². The molecule has 2 rings (SSSR count). The molecule has 1 N–H and O–H groups in total. The Morgan fingerprint density at radius 3 is 2.93 bits per heavy atom. The smallest absolute Gasteiger partial charge is 0.134 e. The van der Waals surface area contributed by atoms with Crippen molar-refractivity contribution in [2.75, 3.05) is 19.7 Å². The lowest BCUT2D eigenvalue weighted by Gasteiger charge is -2.12. The van der Waals surface area contributed by atoms with Crippen molar-refractivity contribution in [3.05, 3.63) is 23.7 Å². The van der Waals surface area contributed by atoms with E-state index in [2.05, 4.69) is 12.2 Å². The Balaban J connectivity index is 2.04. The van der Waals surface area contributed by atoms with Gasteiger partial charge in [0.25, 0.3) is 0 Å². The number of rotatable bonds is 1. The van der Waals surface area contributed by atoms with Gasteiger partial charge >= 0.3 is 0 Å². The average molecular weight is 195 g/mol. The second-order valence-corrected chi connectivity index (χ2v) is 4.03. The van der Waals surface area contributed by atoms with Crippen molar-refractivity contribution in [2.24, 2.45) is 5.92 Å². The van der Waals surface area contributed by atoms with Crippen molar-refractivity contribution in [1.82, 2.24) is 5.32 Å². The third kappa shape index (κ3) is 2.16. The van der Waals surface area contributed by atoms with Gasteiger partial charge in [0.1, 0.15) is 17.6 Å². The maximum absolute atomic E-state index is 5.76. The van der Waals surface area contributed by atoms with E-state index in [0.717, 1.165) is 31.2 Å². The maximum Gasteiger partial charge on any atom is 0.134 e. The van der Waals surface area contributed by atoms with E-state index in [4.69, 9.17) is 9.15 Å². The zero-order valence-corrected chi connectivity index (χ0v) is 8.75. The zero-order chi connectivity index (χ0) is 9.97. The first-order valence-electron chi connectivity index (χ1n) is 5.14. The number of ether oxygens (including phenoxy) is 1. The topological polar surface area (TPSA) is 34.4 Å². The second-order valence-electron chi connectivity index (χ2n) is 4.03. The molecule has 0 spiro atoms. The van der Waals surface area contributed by atoms with E-state index in [1.165, 1.54) is 0 Å². The fourth-order valence-corrected chi connectivity index (χ4v) is 1.67. The lowest BCUT2D eigenvalue weighted by Crippen LogP contribution is -2.22. The minimum absolute atomic E-state index is 0.0775. The molecule has 1 aliphatic rings. The summed E-state index contributed by atoms with van der Waals surface area (Å²) in [5, 5.41) is 3.37. The highest BCUT2D eigenvalue weighted by Crippen LogP contribution is 2.21. The third-order valence-corrected chi connectivity index (χ3v) is 2.48. The van der Waals surface area contributed by atoms with Crippen LogP contribution in [0.3, 0.4) is 0 Å². The fraction of sp³-hybridized carbons (Fsp3) is 0.636. The van der Waals surface area contributed by atoms with Gasteiger partial charge in [0.2, 0.25) is 0 Å². The normalized spacial score (nSPS) is 28.7. The summed E-state index contributed by atoms with van der Waals surface area (Å²) in [4.78, 5) is 0. The highest BCUT2D eigenvalue weighted by molar-refractivity contribution is 5.09. The molecule has 14 heavy (non-hydrogen) atoms. The molecule has 1 fully saturated rings. The van der Waals surface area contributed by atoms with Crippen LogP contribution >= 0.6 is 0 Å². The summed E-state index contributed by atoms with van der Waals surface area (Å²) in [6.45, 7) is 6.81. The molecular weight excluding hydrogens is 178 g/mol. The van der Waals surface area contributed by atoms with Crippen molar-refractivity contribution >= 4 is 0 Å². The SMILES string of the molecule is Cc1ccc(C2CNCC(C)CO2)o1. The van der Waals surface area contributed by atoms with Gasteiger partial charge in [-0.2, -0.15) is 0 Å². The summed E-state index contributed by atoms with van der Waals surface area (Å²) < 4.78 is 11.3. The van der Waals surface area contributed by atoms with Crippen LogP contribution in [0.2, 0.25) is 0 Å². The van der Waals surface area contributed by atoms with Gasteiger partial charge in [-0.15, -0.1) is 0 Å². The molecule has 1 aromatic heterocycles. The van der Waals surface area contributed by atoms with Gasteiger partial charge in [-0.05, 0) is 25.0 Å². The van der Waals surface area contributed by atoms with Crippen molar-refractivity contribution in [1.29, 1.82) is 0 Å². The lowest BCUT2D eigenvalue weighted by atomic mass is 10.2. The summed E-state index contributed by atoms with van der Waals surface area (Å²) in [5.41, 5.74) is 0. The van der Waals surface area contributed by atoms with Crippen LogP contribution in [0.1, 0.15) is 24.5 Å². The van der Waals surface area contributed by atoms with Crippen LogP contribution in [-0.4, -0.2) is 19.7 Å². The molecule has 0 aliphatic carbocycles. The minimum atomic E-state index is 0.0775. The van der Waals surface area contributed by atoms with Gasteiger partial charge in [0.15, 0.2) is 0 Å². The molecule has 78 valence electrons. The lowest BCUT2D eigenvalue weighted by molar-refractivity contribution is 0.0371. The van der Waals surface area contributed by atoms with Crippen molar-refractivity contribution in [3.8, 4) is 0 Å². The molecule has 2 heterocycles. The summed E-state index contributed by atoms with van der Waals surface area (Å²) >= 11 is 0. The van der Waals surface area contributed by atoms with Crippen molar-refractivity contribution in [3.63, 3.8) is 0 Å². The molecule has 0 bridgehead atoms. The quantitative estimate of drug-likeness (QED) is 0.743. The number of nitrogens with one attached hydrogen (secondary N) is 1. The number of aryl methyl sites for hydroxylation is 1. The number of furan rings is 1. The Bertz CT molecular complexity index is 295. The molecule has 1 saturated heterocycles. The number of hydrogen-bond donors (Lipinski definition) is 1. The van der Waals surface area contributed by atoms with E-state index in [1.807, 2.05) is 19.1 Å². The monoisotopic (exact) mass is 195 g/mol. The molecule has 0 amide bonds. The molecule has 2 atom stereocenters. The van der Waals surface area contributed by atoms with E-state index >= 15 is 0 Å². The highest BCUT2D eigenvalue weighted by atomic mass is 16.5. The summed E-state index contributed by atoms with van der Waals surface area (Å²) in [7, 11) is 0. The molecule has 0 radical (unpaired) electrons. The van der Waals surface area contributed by atoms with Gasteiger partial charge in [-0.25, -0.2) is 0 Å². The van der Waals surface area contributed by atoms with Gasteiger partial charge in [-0.1, -0.05) is 6.92 Å². The van der Waals surface area contributed by atoms with Crippen LogP contribution in [0.5, 0.6) is 0 Å². The van der Waals surface area contributed by atoms with E-state index < -0.39 is 0 Å². The summed E-state index contributed by atoms with van der Waals surface area (Å²) in [6, 6.07) is 3.98. The largest absolute Gasteiger partial charge is 0.464 e. The molecule has 1 aromatic rings. The maximum atomic E-state index is 5.76. The molecule has 3 nitrogen and oxygen atoms in total. The van der Waals surface area contributed by atoms with Crippen LogP contribution < -0.4 is 5.32 Å². The standard InChI is InChI=1S/C11H17NO2/c1-8-5-12-6-11(13-7-8)10-4-3-9(2)14-10/h3-4,8,11-12H,5-7H2,1-2H3. The first-order chi connectivity index (χ1) is 6.75. The average Bonchev–Trinajstić information content (AvgIpc) is 2.46. The van der Waals surface area contributed by atoms with E-state index in [9.17, 15) is 0 Å². The Morgan fingerprint density at radius 1 is 1.36 bits per heavy atom. The van der Waals surface area contributed by atoms with E-state index in [-0.39, 0.29) is 6.10 Å². The Morgan fingerprint density at radius 2 is 2.21 bits per heavy atom. The van der Waals surface area contributed by atoms with Crippen LogP contribution in [0, 0.1) is 12.8 Å². The third-order valence-electron chi connectivity index (χ3n) is 2.48. The van der Waals surface area contributed by atoms with Crippen molar-refractivity contribution in [2.45, 2.75) is 20.0 Å². The predicted octanol–water partition coefficient (Wildman–Crippen LogP) is 1.89. The van der Waals surface area contributed by atoms with Gasteiger partial charge in [0.05, 0.1) is 6.61 Å². The van der Waals surface area contributed by atoms with Gasteiger partial charge in [0, 0.05) is 13.1 Å². The molecule has 0 aromatic carbocycles. The minimum Gasteiger partial charge on any atom is -0.464 e. The van der Waals surface area contributed by atoms with Crippen LogP contribution in [-0.2, 0) is 4.74 Å².